The lowest BCUT2D eigenvalue weighted by Crippen LogP contribution is -2.35. The number of hydrogen-bond donors (Lipinski definition) is 0. The molecular formula is C5H3F5I2. The Bertz CT molecular complexity index is 183. The van der Waals surface area contributed by atoms with Crippen LogP contribution in [0.25, 0.3) is 0 Å². The average Bonchev–Trinajstić information content (AvgIpc) is 1.85. The minimum Gasteiger partial charge on any atom is -0.205 e. The van der Waals surface area contributed by atoms with Crippen LogP contribution in [-0.2, 0) is 0 Å². The molecule has 0 aromatic rings. The van der Waals surface area contributed by atoms with Gasteiger partial charge in [-0.05, 0) is 6.08 Å². The van der Waals surface area contributed by atoms with Crippen LogP contribution < -0.4 is 0 Å². The van der Waals surface area contributed by atoms with E-state index in [1.807, 2.05) is 0 Å². The van der Waals surface area contributed by atoms with E-state index in [4.69, 9.17) is 0 Å². The zero-order chi connectivity index (χ0) is 9.99. The molecule has 0 aliphatic carbocycles. The molecule has 0 atom stereocenters. The van der Waals surface area contributed by atoms with Crippen LogP contribution in [0, 0.1) is 0 Å². The summed E-state index contributed by atoms with van der Waals surface area (Å²) in [5, 5.41) is 0. The summed E-state index contributed by atoms with van der Waals surface area (Å²) in [5.74, 6) is -6.80. The van der Waals surface area contributed by atoms with Crippen LogP contribution >= 0.6 is 45.2 Å². The SMILES string of the molecule is FC(=CCI)C(F)(F)C(F)(F)I. The molecule has 12 heavy (non-hydrogen) atoms. The van der Waals surface area contributed by atoms with Gasteiger partial charge in [0.05, 0.1) is 0 Å². The molecule has 0 heterocycles. The standard InChI is InChI=1S/C5H3F5I2/c6-3(1-2-11)4(7,8)5(9,10)12/h1H,2H2. The maximum absolute atomic E-state index is 12.3. The molecule has 0 fully saturated rings. The monoisotopic (exact) mass is 412 g/mol. The van der Waals surface area contributed by atoms with E-state index in [1.54, 1.807) is 22.6 Å². The first-order chi connectivity index (χ1) is 5.23. The van der Waals surface area contributed by atoms with Crippen molar-refractivity contribution in [3.8, 4) is 0 Å². The maximum Gasteiger partial charge on any atom is 0.369 e. The van der Waals surface area contributed by atoms with Gasteiger partial charge in [-0.2, -0.15) is 17.6 Å². The van der Waals surface area contributed by atoms with Gasteiger partial charge in [0.25, 0.3) is 0 Å². The summed E-state index contributed by atoms with van der Waals surface area (Å²) in [5.41, 5.74) is 0. The summed E-state index contributed by atoms with van der Waals surface area (Å²) >= 11 is 1.78. The molecule has 0 spiro atoms. The average molecular weight is 412 g/mol. The van der Waals surface area contributed by atoms with Crippen LogP contribution in [0.1, 0.15) is 0 Å². The Morgan fingerprint density at radius 1 is 1.25 bits per heavy atom. The number of rotatable bonds is 3. The van der Waals surface area contributed by atoms with Gasteiger partial charge >= 0.3 is 9.85 Å². The summed E-state index contributed by atoms with van der Waals surface area (Å²) in [6, 6.07) is 0. The Kier molecular flexibility index (Phi) is 4.69. The van der Waals surface area contributed by atoms with E-state index in [0.717, 1.165) is 0 Å². The van der Waals surface area contributed by atoms with Crippen LogP contribution in [0.3, 0.4) is 0 Å². The van der Waals surface area contributed by atoms with Gasteiger partial charge in [0, 0.05) is 27.0 Å². The van der Waals surface area contributed by atoms with Crippen LogP contribution in [0.5, 0.6) is 0 Å². The Morgan fingerprint density at radius 2 is 1.67 bits per heavy atom. The third kappa shape index (κ3) is 2.96. The first kappa shape index (κ1) is 12.8. The highest BCUT2D eigenvalue weighted by Crippen LogP contribution is 2.44. The van der Waals surface area contributed by atoms with E-state index in [2.05, 4.69) is 0 Å². The molecule has 0 aliphatic heterocycles. The molecule has 7 heteroatoms. The van der Waals surface area contributed by atoms with E-state index in [9.17, 15) is 22.0 Å². The van der Waals surface area contributed by atoms with Gasteiger partial charge in [-0.1, -0.05) is 22.6 Å². The van der Waals surface area contributed by atoms with Crippen molar-refractivity contribution in [1.82, 2.24) is 0 Å². The van der Waals surface area contributed by atoms with Crippen molar-refractivity contribution < 1.29 is 22.0 Å². The van der Waals surface area contributed by atoms with E-state index in [-0.39, 0.29) is 27.0 Å². The lowest BCUT2D eigenvalue weighted by atomic mass is 10.3. The van der Waals surface area contributed by atoms with Crippen molar-refractivity contribution in [3.63, 3.8) is 0 Å². The van der Waals surface area contributed by atoms with Crippen LogP contribution in [0.2, 0.25) is 0 Å². The van der Waals surface area contributed by atoms with Crippen molar-refractivity contribution in [2.75, 3.05) is 4.43 Å². The Morgan fingerprint density at radius 3 is 1.92 bits per heavy atom. The largest absolute Gasteiger partial charge is 0.369 e. The molecule has 0 N–H and O–H groups in total. The number of hydrogen-bond acceptors (Lipinski definition) is 0. The van der Waals surface area contributed by atoms with E-state index in [1.165, 1.54) is 0 Å². The van der Waals surface area contributed by atoms with Crippen molar-refractivity contribution in [1.29, 1.82) is 0 Å². The van der Waals surface area contributed by atoms with E-state index < -0.39 is 15.7 Å². The van der Waals surface area contributed by atoms with Crippen molar-refractivity contribution in [3.05, 3.63) is 11.9 Å². The molecule has 0 unspecified atom stereocenters. The lowest BCUT2D eigenvalue weighted by molar-refractivity contribution is -0.124. The van der Waals surface area contributed by atoms with Crippen molar-refractivity contribution in [2.45, 2.75) is 9.85 Å². The molecule has 72 valence electrons. The molecule has 0 aliphatic rings. The smallest absolute Gasteiger partial charge is 0.205 e. The molecule has 0 amide bonds. The molecule has 0 nitrogen and oxygen atoms in total. The van der Waals surface area contributed by atoms with Crippen LogP contribution in [0.4, 0.5) is 22.0 Å². The summed E-state index contributed by atoms with van der Waals surface area (Å²) in [6.07, 6.45) is 0.424. The summed E-state index contributed by atoms with van der Waals surface area (Å²) in [4.78, 5) is 0. The Balaban J connectivity index is 4.73. The molecule has 0 saturated heterocycles. The maximum atomic E-state index is 12.3. The first-order valence-corrected chi connectivity index (χ1v) is 5.20. The Hall–Kier alpha value is 0.850. The first-order valence-electron chi connectivity index (χ1n) is 2.60. The van der Waals surface area contributed by atoms with Crippen LogP contribution in [-0.4, -0.2) is 14.3 Å². The van der Waals surface area contributed by atoms with Gasteiger partial charge in [-0.25, -0.2) is 4.39 Å². The minimum absolute atomic E-state index is 0.0775. The third-order valence-electron chi connectivity index (χ3n) is 0.912. The highest BCUT2D eigenvalue weighted by atomic mass is 127. The summed E-state index contributed by atoms with van der Waals surface area (Å²) in [7, 11) is 0. The molecule has 0 bridgehead atoms. The molecule has 0 aromatic carbocycles. The fraction of sp³-hybridized carbons (Fsp3) is 0.600. The van der Waals surface area contributed by atoms with Gasteiger partial charge < -0.3 is 0 Å². The van der Waals surface area contributed by atoms with Gasteiger partial charge in [0.2, 0.25) is 0 Å². The fourth-order valence-electron chi connectivity index (χ4n) is 0.331. The molecule has 0 radical (unpaired) electrons. The van der Waals surface area contributed by atoms with Gasteiger partial charge in [0.1, 0.15) is 0 Å². The minimum atomic E-state index is -4.71. The van der Waals surface area contributed by atoms with Gasteiger partial charge in [-0.3, -0.25) is 0 Å². The Labute approximate surface area is 92.9 Å². The number of allylic oxidation sites excluding steroid dienone is 2. The number of halogens is 7. The zero-order valence-corrected chi connectivity index (χ0v) is 9.75. The normalized spacial score (nSPS) is 15.1. The summed E-state index contributed by atoms with van der Waals surface area (Å²) in [6.45, 7) is 0. The quantitative estimate of drug-likeness (QED) is 0.375. The highest BCUT2D eigenvalue weighted by molar-refractivity contribution is 14.1. The van der Waals surface area contributed by atoms with Crippen molar-refractivity contribution >= 4 is 45.2 Å². The van der Waals surface area contributed by atoms with Crippen LogP contribution in [0.15, 0.2) is 11.9 Å². The highest BCUT2D eigenvalue weighted by Gasteiger charge is 2.57. The lowest BCUT2D eigenvalue weighted by Gasteiger charge is -2.19. The summed E-state index contributed by atoms with van der Waals surface area (Å²) < 4.78 is 56.5. The molecular weight excluding hydrogens is 409 g/mol. The topological polar surface area (TPSA) is 0 Å². The second-order valence-electron chi connectivity index (χ2n) is 1.78. The predicted octanol–water partition coefficient (Wildman–Crippen LogP) is 3.94. The number of alkyl halides is 6. The van der Waals surface area contributed by atoms with Crippen molar-refractivity contribution in [2.24, 2.45) is 0 Å². The molecule has 0 rings (SSSR count). The fourth-order valence-corrected chi connectivity index (χ4v) is 0.976. The van der Waals surface area contributed by atoms with E-state index >= 15 is 0 Å². The molecule has 0 aromatic heterocycles. The predicted molar refractivity (Wildman–Crippen MR) is 52.0 cm³/mol. The second kappa shape index (κ2) is 4.38. The zero-order valence-electron chi connectivity index (χ0n) is 5.43. The second-order valence-corrected chi connectivity index (χ2v) is 4.01. The van der Waals surface area contributed by atoms with E-state index in [0.29, 0.717) is 6.08 Å². The molecule has 0 saturated carbocycles. The van der Waals surface area contributed by atoms with Gasteiger partial charge in [-0.15, -0.1) is 0 Å². The third-order valence-corrected chi connectivity index (χ3v) is 2.03. The van der Waals surface area contributed by atoms with Gasteiger partial charge in [0.15, 0.2) is 5.83 Å².